The van der Waals surface area contributed by atoms with Crippen LogP contribution in [0.2, 0.25) is 0 Å². The van der Waals surface area contributed by atoms with Crippen molar-refractivity contribution in [2.45, 2.75) is 19.1 Å². The summed E-state index contributed by atoms with van der Waals surface area (Å²) >= 11 is 0. The van der Waals surface area contributed by atoms with Crippen LogP contribution in [0.1, 0.15) is 27.2 Å². The molecule has 0 radical (unpaired) electrons. The van der Waals surface area contributed by atoms with Crippen molar-refractivity contribution in [1.82, 2.24) is 14.8 Å². The smallest absolute Gasteiger partial charge is 0.270 e. The van der Waals surface area contributed by atoms with E-state index in [-0.39, 0.29) is 12.5 Å². The molecule has 2 N–H and O–H groups in total. The Morgan fingerprint density at radius 3 is 2.45 bits per heavy atom. The predicted octanol–water partition coefficient (Wildman–Crippen LogP) is 4.16. The molecule has 0 atom stereocenters. The fourth-order valence-corrected chi connectivity index (χ4v) is 4.53. The quantitative estimate of drug-likeness (QED) is 0.292. The fourth-order valence-electron chi connectivity index (χ4n) is 4.53. The summed E-state index contributed by atoms with van der Waals surface area (Å²) in [6, 6.07) is 25.4. The summed E-state index contributed by atoms with van der Waals surface area (Å²) in [5.41, 5.74) is 3.61. The van der Waals surface area contributed by atoms with Gasteiger partial charge in [0.15, 0.2) is 0 Å². The van der Waals surface area contributed by atoms with Crippen LogP contribution in [0.15, 0.2) is 78.9 Å². The summed E-state index contributed by atoms with van der Waals surface area (Å²) < 4.78 is 10.4. The lowest BCUT2D eigenvalue weighted by atomic mass is 9.91. The molecule has 8 nitrogen and oxygen atoms in total. The van der Waals surface area contributed by atoms with Crippen LogP contribution in [0.3, 0.4) is 0 Å². The second kappa shape index (κ2) is 13.4. The highest BCUT2D eigenvalue weighted by atomic mass is 16.5. The summed E-state index contributed by atoms with van der Waals surface area (Å²) in [4.78, 5) is 31.1. The molecule has 4 aromatic rings. The lowest BCUT2D eigenvalue weighted by Crippen LogP contribution is -2.46. The molecule has 8 heteroatoms. The van der Waals surface area contributed by atoms with Crippen molar-refractivity contribution in [3.8, 4) is 5.75 Å². The van der Waals surface area contributed by atoms with Gasteiger partial charge >= 0.3 is 0 Å². The van der Waals surface area contributed by atoms with Crippen molar-refractivity contribution in [3.05, 3.63) is 101 Å². The van der Waals surface area contributed by atoms with E-state index in [1.54, 1.807) is 13.2 Å². The molecule has 2 heterocycles. The lowest BCUT2D eigenvalue weighted by molar-refractivity contribution is -0.184. The molecule has 1 fully saturated rings. The molecule has 0 unspecified atom stereocenters. The molecule has 1 aromatic heterocycles. The van der Waals surface area contributed by atoms with Crippen LogP contribution in [-0.4, -0.2) is 79.1 Å². The number of aliphatic hydroxyl groups is 1. The van der Waals surface area contributed by atoms with Gasteiger partial charge in [-0.3, -0.25) is 4.79 Å². The molecule has 0 bridgehead atoms. The van der Waals surface area contributed by atoms with Crippen molar-refractivity contribution in [2.24, 2.45) is 0 Å². The highest BCUT2D eigenvalue weighted by molar-refractivity contribution is 5.99. The zero-order chi connectivity index (χ0) is 28.5. The van der Waals surface area contributed by atoms with Crippen LogP contribution >= 0.6 is 0 Å². The first kappa shape index (κ1) is 29.0. The molecule has 1 saturated heterocycles. The number of amides is 1. The SMILES string of the molecule is COc1ccc2[nH]c(C(=O)N(CC=O)CCN(C)Cc3cccc(C4(O)COC4)c3)cc2c1.Cc1ccccc1. The molecule has 0 aliphatic carbocycles. The van der Waals surface area contributed by atoms with Crippen molar-refractivity contribution in [3.63, 3.8) is 0 Å². The number of hydrogen-bond donors (Lipinski definition) is 2. The van der Waals surface area contributed by atoms with E-state index < -0.39 is 5.60 Å². The van der Waals surface area contributed by atoms with E-state index in [2.05, 4.69) is 28.9 Å². The van der Waals surface area contributed by atoms with Gasteiger partial charge in [-0.05, 0) is 49.4 Å². The number of methoxy groups -OCH3 is 1. The second-order valence-electron chi connectivity index (χ2n) is 10.2. The Balaban J connectivity index is 0.000000461. The number of aromatic amines is 1. The van der Waals surface area contributed by atoms with E-state index in [0.717, 1.165) is 28.3 Å². The van der Waals surface area contributed by atoms with Gasteiger partial charge in [-0.1, -0.05) is 60.2 Å². The Morgan fingerprint density at radius 1 is 1.05 bits per heavy atom. The first-order chi connectivity index (χ1) is 19.3. The van der Waals surface area contributed by atoms with E-state index in [9.17, 15) is 14.7 Å². The standard InChI is InChI=1S/C25H29N3O5.C7H8/c1-27(15-18-4-3-5-20(12-18)25(31)16-33-17-25)8-9-28(10-11-29)24(30)23-14-19-13-21(32-2)6-7-22(19)26-23;1-7-5-3-2-4-6-7/h3-7,11-14,26,31H,8-10,15-17H2,1-2H3;2-6H,1H3. The van der Waals surface area contributed by atoms with E-state index in [1.807, 2.05) is 67.7 Å². The minimum Gasteiger partial charge on any atom is -0.497 e. The van der Waals surface area contributed by atoms with Crippen LogP contribution in [0.5, 0.6) is 5.75 Å². The van der Waals surface area contributed by atoms with E-state index in [0.29, 0.717) is 44.3 Å². The molecule has 40 heavy (non-hydrogen) atoms. The highest BCUT2D eigenvalue weighted by Crippen LogP contribution is 2.29. The van der Waals surface area contributed by atoms with Crippen LogP contribution in [0.25, 0.3) is 10.9 Å². The average Bonchev–Trinajstić information content (AvgIpc) is 3.38. The number of aryl methyl sites for hydroxylation is 1. The molecule has 1 aliphatic heterocycles. The van der Waals surface area contributed by atoms with Crippen molar-refractivity contribution >= 4 is 23.1 Å². The van der Waals surface area contributed by atoms with Crippen LogP contribution in [0, 0.1) is 6.92 Å². The maximum Gasteiger partial charge on any atom is 0.270 e. The Labute approximate surface area is 235 Å². The molecule has 1 amide bonds. The number of carbonyl (C=O) groups is 2. The molecule has 3 aromatic carbocycles. The maximum atomic E-state index is 13.1. The Bertz CT molecular complexity index is 1410. The van der Waals surface area contributed by atoms with E-state index >= 15 is 0 Å². The van der Waals surface area contributed by atoms with Crippen LogP contribution < -0.4 is 4.74 Å². The second-order valence-corrected chi connectivity index (χ2v) is 10.2. The van der Waals surface area contributed by atoms with Gasteiger partial charge in [0.25, 0.3) is 5.91 Å². The summed E-state index contributed by atoms with van der Waals surface area (Å²) in [5.74, 6) is 0.493. The zero-order valence-electron chi connectivity index (χ0n) is 23.3. The summed E-state index contributed by atoms with van der Waals surface area (Å²) in [6.45, 7) is 4.38. The van der Waals surface area contributed by atoms with Crippen molar-refractivity contribution in [2.75, 3.05) is 47.0 Å². The molecule has 1 aliphatic rings. The molecule has 210 valence electrons. The predicted molar refractivity (Wildman–Crippen MR) is 155 cm³/mol. The van der Waals surface area contributed by atoms with E-state index in [1.165, 1.54) is 10.5 Å². The third-order valence-corrected chi connectivity index (χ3v) is 6.93. The average molecular weight is 544 g/mol. The number of carbonyl (C=O) groups excluding carboxylic acids is 2. The number of fused-ring (bicyclic) bond motifs is 1. The number of rotatable bonds is 10. The lowest BCUT2D eigenvalue weighted by Gasteiger charge is -2.37. The molecular weight excluding hydrogens is 506 g/mol. The van der Waals surface area contributed by atoms with Crippen LogP contribution in [-0.2, 0) is 21.7 Å². The first-order valence-electron chi connectivity index (χ1n) is 13.3. The Hall–Kier alpha value is -3.98. The number of nitrogens with one attached hydrogen (secondary N) is 1. The number of H-pyrrole nitrogens is 1. The van der Waals surface area contributed by atoms with Gasteiger partial charge in [-0.25, -0.2) is 0 Å². The first-order valence-corrected chi connectivity index (χ1v) is 13.3. The number of aldehydes is 1. The number of ether oxygens (including phenoxy) is 2. The van der Waals surface area contributed by atoms with Gasteiger partial charge in [0.05, 0.1) is 26.9 Å². The van der Waals surface area contributed by atoms with Crippen molar-refractivity contribution < 1.29 is 24.2 Å². The summed E-state index contributed by atoms with van der Waals surface area (Å²) in [6.07, 6.45) is 0.744. The van der Waals surface area contributed by atoms with E-state index in [4.69, 9.17) is 9.47 Å². The summed E-state index contributed by atoms with van der Waals surface area (Å²) in [7, 11) is 3.56. The largest absolute Gasteiger partial charge is 0.497 e. The number of aromatic nitrogens is 1. The normalized spacial score (nSPS) is 13.7. The van der Waals surface area contributed by atoms with Gasteiger partial charge < -0.3 is 34.2 Å². The van der Waals surface area contributed by atoms with Crippen LogP contribution in [0.4, 0.5) is 0 Å². The van der Waals surface area contributed by atoms with Gasteiger partial charge in [0.1, 0.15) is 23.3 Å². The maximum absolute atomic E-state index is 13.1. The topological polar surface area (TPSA) is 95.1 Å². The summed E-state index contributed by atoms with van der Waals surface area (Å²) in [5, 5.41) is 11.4. The molecule has 0 saturated carbocycles. The molecular formula is C32H37N3O5. The molecule has 5 rings (SSSR count). The van der Waals surface area contributed by atoms with Gasteiger partial charge in [0.2, 0.25) is 0 Å². The zero-order valence-corrected chi connectivity index (χ0v) is 23.3. The number of nitrogens with zero attached hydrogens (tertiary/aromatic N) is 2. The number of likely N-dealkylation sites (N-methyl/N-ethyl adjacent to an activating group) is 1. The third kappa shape index (κ3) is 7.35. The third-order valence-electron chi connectivity index (χ3n) is 6.93. The monoisotopic (exact) mass is 543 g/mol. The molecule has 0 spiro atoms. The number of benzene rings is 3. The minimum atomic E-state index is -0.897. The minimum absolute atomic E-state index is 0.0217. The number of hydrogen-bond acceptors (Lipinski definition) is 6. The van der Waals surface area contributed by atoms with Gasteiger partial charge in [-0.15, -0.1) is 0 Å². The highest BCUT2D eigenvalue weighted by Gasteiger charge is 2.37. The fraction of sp³-hybridized carbons (Fsp3) is 0.312. The van der Waals surface area contributed by atoms with Gasteiger partial charge in [0, 0.05) is 30.5 Å². The Morgan fingerprint density at radius 2 is 1.82 bits per heavy atom. The Kier molecular flexibility index (Phi) is 9.71. The van der Waals surface area contributed by atoms with Gasteiger partial charge in [-0.2, -0.15) is 0 Å². The van der Waals surface area contributed by atoms with Crippen molar-refractivity contribution in [1.29, 1.82) is 0 Å².